The lowest BCUT2D eigenvalue weighted by atomic mass is 9.84. The normalized spacial score (nSPS) is 17.1. The number of ketones is 1. The smallest absolute Gasteiger partial charge is 0.461 e. The van der Waals surface area contributed by atoms with E-state index < -0.39 is 52.5 Å². The Morgan fingerprint density at radius 2 is 1.46 bits per heavy atom. The van der Waals surface area contributed by atoms with Crippen molar-refractivity contribution in [3.63, 3.8) is 0 Å². The average Bonchev–Trinajstić information content (AvgIpc) is 3.19. The van der Waals surface area contributed by atoms with Crippen LogP contribution in [0.25, 0.3) is 0 Å². The number of carboxylic acids is 2. The summed E-state index contributed by atoms with van der Waals surface area (Å²) in [6.07, 6.45) is -5.46. The highest BCUT2D eigenvalue weighted by molar-refractivity contribution is 6.20. The lowest BCUT2D eigenvalue weighted by molar-refractivity contribution is -0.266. The van der Waals surface area contributed by atoms with Gasteiger partial charge in [0, 0.05) is 11.7 Å². The van der Waals surface area contributed by atoms with E-state index in [1.54, 1.807) is 0 Å². The van der Waals surface area contributed by atoms with Gasteiger partial charge in [-0.05, 0) is 26.7 Å². The number of alkyl halides is 5. The molecule has 24 heavy (non-hydrogen) atoms. The van der Waals surface area contributed by atoms with Crippen LogP contribution >= 0.6 is 0 Å². The Balaban J connectivity index is 3.60. The molecule has 136 valence electrons. The average molecular weight is 359 g/mol. The quantitative estimate of drug-likeness (QED) is 0.278. The molecule has 1 aliphatic carbocycles. The molecule has 0 aliphatic heterocycles. The topological polar surface area (TPSA) is 104 Å². The molecule has 1 rings (SSSR count). The third kappa shape index (κ3) is 3.65. The van der Waals surface area contributed by atoms with Gasteiger partial charge in [0.25, 0.3) is 5.78 Å². The predicted octanol–water partition coefficient (Wildman–Crippen LogP) is 1.95. The number of hydrogen-bond acceptors (Lipinski definition) is 4. The highest BCUT2D eigenvalue weighted by Gasteiger charge is 2.65. The molecule has 3 N–H and O–H groups in total. The van der Waals surface area contributed by atoms with E-state index in [0.717, 1.165) is 13.8 Å². The molecule has 1 fully saturated rings. The zero-order chi connectivity index (χ0) is 19.1. The van der Waals surface area contributed by atoms with E-state index in [1.165, 1.54) is 0 Å². The van der Waals surface area contributed by atoms with Gasteiger partial charge in [-0.2, -0.15) is 22.0 Å². The second kappa shape index (κ2) is 6.02. The monoisotopic (exact) mass is 359 g/mol. The second-order valence-electron chi connectivity index (χ2n) is 5.81. The number of Topliss-reactive ketones (excluding diaryl/α,β-unsaturated/α-hetero) is 1. The summed E-state index contributed by atoms with van der Waals surface area (Å²) in [5.41, 5.74) is -5.11. The minimum Gasteiger partial charge on any atom is -0.481 e. The maximum Gasteiger partial charge on any atom is 0.461 e. The second-order valence-corrected chi connectivity index (χ2v) is 5.81. The first-order valence-corrected chi connectivity index (χ1v) is 6.61. The van der Waals surface area contributed by atoms with Crippen LogP contribution in [-0.2, 0) is 14.4 Å². The van der Waals surface area contributed by atoms with Crippen molar-refractivity contribution in [2.24, 2.45) is 5.41 Å². The van der Waals surface area contributed by atoms with Crippen LogP contribution in [0.5, 0.6) is 0 Å². The van der Waals surface area contributed by atoms with Gasteiger partial charge in [0.15, 0.2) is 0 Å². The Morgan fingerprint density at radius 3 is 1.75 bits per heavy atom. The molecule has 0 heterocycles. The van der Waals surface area contributed by atoms with Gasteiger partial charge in [-0.25, -0.2) is 4.79 Å². The lowest BCUT2D eigenvalue weighted by Crippen LogP contribution is -2.48. The molecule has 0 amide bonds. The number of hydrogen-bond donors (Lipinski definition) is 3. The number of carbonyl (C=O) groups is 3. The summed E-state index contributed by atoms with van der Waals surface area (Å²) >= 11 is 0. The van der Waals surface area contributed by atoms with E-state index in [-0.39, 0.29) is 0 Å². The van der Waals surface area contributed by atoms with Gasteiger partial charge in [-0.3, -0.25) is 9.59 Å². The van der Waals surface area contributed by atoms with E-state index in [9.17, 15) is 36.3 Å². The van der Waals surface area contributed by atoms with E-state index in [2.05, 4.69) is 5.32 Å². The van der Waals surface area contributed by atoms with Crippen LogP contribution in [0.15, 0.2) is 11.3 Å². The molecule has 0 aromatic heterocycles. The van der Waals surface area contributed by atoms with Crippen LogP contribution in [0, 0.1) is 5.41 Å². The third-order valence-corrected chi connectivity index (χ3v) is 3.42. The Hall–Kier alpha value is -2.20. The van der Waals surface area contributed by atoms with Crippen molar-refractivity contribution in [2.75, 3.05) is 0 Å². The van der Waals surface area contributed by atoms with Crippen molar-refractivity contribution < 1.29 is 46.5 Å². The van der Waals surface area contributed by atoms with Gasteiger partial charge in [0.05, 0.1) is 0 Å². The van der Waals surface area contributed by atoms with Crippen LogP contribution in [0.3, 0.4) is 0 Å². The van der Waals surface area contributed by atoms with E-state index >= 15 is 0 Å². The molecule has 6 nitrogen and oxygen atoms in total. The summed E-state index contributed by atoms with van der Waals surface area (Å²) in [6.45, 7) is 1.78. The van der Waals surface area contributed by atoms with Gasteiger partial charge in [-0.15, -0.1) is 0 Å². The summed E-state index contributed by atoms with van der Waals surface area (Å²) in [4.78, 5) is 34.1. The first-order valence-electron chi connectivity index (χ1n) is 6.61. The number of carboxylic acid groups (broad SMARTS) is 2. The van der Waals surface area contributed by atoms with Crippen molar-refractivity contribution in [1.29, 1.82) is 0 Å². The maximum absolute atomic E-state index is 13.3. The summed E-state index contributed by atoms with van der Waals surface area (Å²) in [6, 6.07) is -0.500. The van der Waals surface area contributed by atoms with E-state index in [4.69, 9.17) is 10.2 Å². The molecule has 1 saturated carbocycles. The Bertz CT molecular complexity index is 604. The molecular formula is C13H14F5NO5. The number of aliphatic carboxylic acids is 2. The summed E-state index contributed by atoms with van der Waals surface area (Å²) in [5.74, 6) is -13.1. The fourth-order valence-corrected chi connectivity index (χ4v) is 1.71. The third-order valence-electron chi connectivity index (χ3n) is 3.42. The minimum absolute atomic E-state index is 0.427. The highest BCUT2D eigenvalue weighted by atomic mass is 19.4. The molecule has 0 aromatic rings. The number of halogens is 5. The molecule has 0 unspecified atom stereocenters. The Kier molecular flexibility index (Phi) is 4.98. The molecule has 0 radical (unpaired) electrons. The van der Waals surface area contributed by atoms with Gasteiger partial charge in [-0.1, -0.05) is 0 Å². The van der Waals surface area contributed by atoms with Gasteiger partial charge in [0.1, 0.15) is 11.0 Å². The molecule has 0 spiro atoms. The number of nitrogens with one attached hydrogen (secondary N) is 1. The summed E-state index contributed by atoms with van der Waals surface area (Å²) in [5, 5.41) is 20.4. The van der Waals surface area contributed by atoms with Crippen LogP contribution < -0.4 is 5.32 Å². The Morgan fingerprint density at radius 1 is 1.00 bits per heavy atom. The largest absolute Gasteiger partial charge is 0.481 e. The molecule has 0 aromatic carbocycles. The van der Waals surface area contributed by atoms with Gasteiger partial charge >= 0.3 is 24.0 Å². The Labute approximate surface area is 132 Å². The molecule has 0 bridgehead atoms. The zero-order valence-corrected chi connectivity index (χ0v) is 12.5. The van der Waals surface area contributed by atoms with Crippen molar-refractivity contribution in [2.45, 2.75) is 44.8 Å². The molecule has 11 heteroatoms. The molecule has 0 atom stereocenters. The van der Waals surface area contributed by atoms with Crippen LogP contribution in [0.4, 0.5) is 22.0 Å². The fraction of sp³-hybridized carbons (Fsp3) is 0.615. The van der Waals surface area contributed by atoms with Crippen molar-refractivity contribution >= 4 is 17.7 Å². The van der Waals surface area contributed by atoms with Gasteiger partial charge < -0.3 is 15.5 Å². The van der Waals surface area contributed by atoms with Crippen molar-refractivity contribution in [1.82, 2.24) is 5.32 Å². The first kappa shape index (κ1) is 19.8. The standard InChI is InChI=1S/C13H14F5NO5/c1-11(2,10(23)24)7(19-5-3-4-5)6(9(21)22)8(20)12(14,15)13(16,17)18/h5,19H,3-4H2,1-2H3,(H,21,22)(H,23,24). The molecule has 1 aliphatic rings. The van der Waals surface area contributed by atoms with Crippen molar-refractivity contribution in [3.05, 3.63) is 11.3 Å². The number of rotatable bonds is 7. The zero-order valence-electron chi connectivity index (χ0n) is 12.5. The number of carbonyl (C=O) groups excluding carboxylic acids is 1. The van der Waals surface area contributed by atoms with Crippen LogP contribution in [0.1, 0.15) is 26.7 Å². The summed E-state index contributed by atoms with van der Waals surface area (Å²) < 4.78 is 63.7. The SMILES string of the molecule is CC(C)(C(=O)O)C(NC1CC1)=C(C(=O)O)C(=O)C(F)(F)C(F)(F)F. The van der Waals surface area contributed by atoms with Crippen LogP contribution in [-0.4, -0.2) is 46.1 Å². The fourth-order valence-electron chi connectivity index (χ4n) is 1.71. The van der Waals surface area contributed by atoms with Gasteiger partial charge in [0.2, 0.25) is 0 Å². The lowest BCUT2D eigenvalue weighted by Gasteiger charge is -2.28. The molecular weight excluding hydrogens is 345 g/mol. The predicted molar refractivity (Wildman–Crippen MR) is 68.2 cm³/mol. The molecule has 0 saturated heterocycles. The minimum atomic E-state index is -6.32. The first-order chi connectivity index (χ1) is 10.6. The highest BCUT2D eigenvalue weighted by Crippen LogP contribution is 2.40. The van der Waals surface area contributed by atoms with Crippen LogP contribution in [0.2, 0.25) is 0 Å². The maximum atomic E-state index is 13.3. The van der Waals surface area contributed by atoms with E-state index in [0.29, 0.717) is 12.8 Å². The van der Waals surface area contributed by atoms with Crippen molar-refractivity contribution in [3.8, 4) is 0 Å². The summed E-state index contributed by atoms with van der Waals surface area (Å²) in [7, 11) is 0. The van der Waals surface area contributed by atoms with E-state index in [1.807, 2.05) is 0 Å².